The summed E-state index contributed by atoms with van der Waals surface area (Å²) in [4.78, 5) is 4.90. The number of rotatable bonds is 4. The SMILES string of the molecule is CCn1nc(C)c(Br)c1CN(C)C1CCN(C)CC1. The maximum Gasteiger partial charge on any atom is 0.0739 e. The molecule has 19 heavy (non-hydrogen) atoms. The molecule has 0 amide bonds. The van der Waals surface area contributed by atoms with Crippen molar-refractivity contribution in [1.29, 1.82) is 0 Å². The molecule has 0 radical (unpaired) electrons. The van der Waals surface area contributed by atoms with Crippen LogP contribution in [0.5, 0.6) is 0 Å². The highest BCUT2D eigenvalue weighted by Crippen LogP contribution is 2.24. The standard InChI is InChI=1S/C14H25BrN4/c1-5-19-13(14(15)11(2)16-19)10-18(4)12-6-8-17(3)9-7-12/h12H,5-10H2,1-4H3. The molecule has 0 saturated carbocycles. The summed E-state index contributed by atoms with van der Waals surface area (Å²) >= 11 is 3.69. The van der Waals surface area contributed by atoms with Crippen LogP contribution in [0.1, 0.15) is 31.2 Å². The van der Waals surface area contributed by atoms with Gasteiger partial charge < -0.3 is 4.90 Å². The lowest BCUT2D eigenvalue weighted by atomic mass is 10.0. The normalized spacial score (nSPS) is 18.4. The second-order valence-electron chi connectivity index (χ2n) is 5.61. The lowest BCUT2D eigenvalue weighted by molar-refractivity contribution is 0.136. The van der Waals surface area contributed by atoms with Gasteiger partial charge in [-0.2, -0.15) is 5.10 Å². The molecule has 0 atom stereocenters. The van der Waals surface area contributed by atoms with Crippen LogP contribution in [0.2, 0.25) is 0 Å². The Balaban J connectivity index is 2.04. The van der Waals surface area contributed by atoms with Crippen molar-refractivity contribution in [3.8, 4) is 0 Å². The summed E-state index contributed by atoms with van der Waals surface area (Å²) in [6.07, 6.45) is 2.54. The first kappa shape index (κ1) is 15.0. The Morgan fingerprint density at radius 2 is 2.00 bits per heavy atom. The Labute approximate surface area is 124 Å². The van der Waals surface area contributed by atoms with Crippen LogP contribution in [0.15, 0.2) is 4.47 Å². The summed E-state index contributed by atoms with van der Waals surface area (Å²) in [5.74, 6) is 0. The van der Waals surface area contributed by atoms with Gasteiger partial charge in [-0.05, 0) is 69.8 Å². The van der Waals surface area contributed by atoms with Gasteiger partial charge in [-0.3, -0.25) is 9.58 Å². The fraction of sp³-hybridized carbons (Fsp3) is 0.786. The number of aromatic nitrogens is 2. The van der Waals surface area contributed by atoms with Crippen LogP contribution in [0.4, 0.5) is 0 Å². The van der Waals surface area contributed by atoms with Gasteiger partial charge >= 0.3 is 0 Å². The topological polar surface area (TPSA) is 24.3 Å². The fourth-order valence-electron chi connectivity index (χ4n) is 2.82. The maximum atomic E-state index is 4.57. The molecule has 1 saturated heterocycles. The lowest BCUT2D eigenvalue weighted by Gasteiger charge is -2.35. The number of likely N-dealkylation sites (tertiary alicyclic amines) is 1. The first-order chi connectivity index (χ1) is 9.02. The fourth-order valence-corrected chi connectivity index (χ4v) is 3.23. The molecular weight excluding hydrogens is 304 g/mol. The van der Waals surface area contributed by atoms with Gasteiger partial charge in [0.1, 0.15) is 0 Å². The largest absolute Gasteiger partial charge is 0.306 e. The van der Waals surface area contributed by atoms with Gasteiger partial charge in [-0.1, -0.05) is 0 Å². The van der Waals surface area contributed by atoms with E-state index in [1.54, 1.807) is 0 Å². The highest BCUT2D eigenvalue weighted by Gasteiger charge is 2.22. The molecule has 0 unspecified atom stereocenters. The highest BCUT2D eigenvalue weighted by atomic mass is 79.9. The van der Waals surface area contributed by atoms with Crippen molar-refractivity contribution in [3.05, 3.63) is 15.9 Å². The van der Waals surface area contributed by atoms with E-state index in [1.807, 2.05) is 0 Å². The third kappa shape index (κ3) is 3.38. The number of hydrogen-bond donors (Lipinski definition) is 0. The van der Waals surface area contributed by atoms with Gasteiger partial charge in [0.25, 0.3) is 0 Å². The molecule has 5 heteroatoms. The molecule has 108 valence electrons. The van der Waals surface area contributed by atoms with Crippen LogP contribution < -0.4 is 0 Å². The van der Waals surface area contributed by atoms with Gasteiger partial charge in [0.15, 0.2) is 0 Å². The van der Waals surface area contributed by atoms with Crippen molar-refractivity contribution in [2.75, 3.05) is 27.2 Å². The van der Waals surface area contributed by atoms with Crippen molar-refractivity contribution in [2.45, 2.75) is 45.8 Å². The minimum atomic E-state index is 0.698. The van der Waals surface area contributed by atoms with Crippen LogP contribution in [0.25, 0.3) is 0 Å². The summed E-state index contributed by atoms with van der Waals surface area (Å²) in [5.41, 5.74) is 2.40. The van der Waals surface area contributed by atoms with Gasteiger partial charge in [0, 0.05) is 19.1 Å². The number of aryl methyl sites for hydroxylation is 2. The molecule has 0 aliphatic carbocycles. The van der Waals surface area contributed by atoms with E-state index in [1.165, 1.54) is 36.1 Å². The zero-order valence-corrected chi connectivity index (χ0v) is 14.1. The van der Waals surface area contributed by atoms with E-state index in [0.29, 0.717) is 6.04 Å². The number of piperidine rings is 1. The van der Waals surface area contributed by atoms with E-state index in [0.717, 1.165) is 18.8 Å². The Morgan fingerprint density at radius 3 is 2.58 bits per heavy atom. The van der Waals surface area contributed by atoms with Crippen molar-refractivity contribution in [3.63, 3.8) is 0 Å². The second-order valence-corrected chi connectivity index (χ2v) is 6.40. The summed E-state index contributed by atoms with van der Waals surface area (Å²) in [6.45, 7) is 8.55. The first-order valence-corrected chi connectivity index (χ1v) is 7.92. The monoisotopic (exact) mass is 328 g/mol. The molecule has 4 nitrogen and oxygen atoms in total. The van der Waals surface area contributed by atoms with Crippen LogP contribution in [-0.4, -0.2) is 52.8 Å². The van der Waals surface area contributed by atoms with E-state index in [2.05, 4.69) is 63.5 Å². The molecule has 2 heterocycles. The molecule has 0 spiro atoms. The van der Waals surface area contributed by atoms with Crippen molar-refractivity contribution in [1.82, 2.24) is 19.6 Å². The molecule has 1 fully saturated rings. The molecular formula is C14H25BrN4. The Hall–Kier alpha value is -0.390. The van der Waals surface area contributed by atoms with Crippen LogP contribution >= 0.6 is 15.9 Å². The smallest absolute Gasteiger partial charge is 0.0739 e. The lowest BCUT2D eigenvalue weighted by Crippen LogP contribution is -2.41. The minimum Gasteiger partial charge on any atom is -0.306 e. The summed E-state index contributed by atoms with van der Waals surface area (Å²) in [6, 6.07) is 0.698. The molecule has 1 aliphatic heterocycles. The van der Waals surface area contributed by atoms with Gasteiger partial charge in [-0.15, -0.1) is 0 Å². The van der Waals surface area contributed by atoms with Crippen LogP contribution in [0, 0.1) is 6.92 Å². The zero-order valence-electron chi connectivity index (χ0n) is 12.5. The minimum absolute atomic E-state index is 0.698. The van der Waals surface area contributed by atoms with E-state index < -0.39 is 0 Å². The van der Waals surface area contributed by atoms with Crippen LogP contribution in [-0.2, 0) is 13.1 Å². The predicted molar refractivity (Wildman–Crippen MR) is 82.3 cm³/mol. The van der Waals surface area contributed by atoms with E-state index in [4.69, 9.17) is 0 Å². The average molecular weight is 329 g/mol. The van der Waals surface area contributed by atoms with Crippen molar-refractivity contribution < 1.29 is 0 Å². The molecule has 1 aromatic heterocycles. The first-order valence-electron chi connectivity index (χ1n) is 7.13. The quantitative estimate of drug-likeness (QED) is 0.848. The third-order valence-electron chi connectivity index (χ3n) is 4.16. The Bertz CT molecular complexity index is 421. The second kappa shape index (κ2) is 6.37. The van der Waals surface area contributed by atoms with E-state index >= 15 is 0 Å². The molecule has 1 aromatic rings. The van der Waals surface area contributed by atoms with Crippen LogP contribution in [0.3, 0.4) is 0 Å². The third-order valence-corrected chi connectivity index (χ3v) is 5.19. The summed E-state index contributed by atoms with van der Waals surface area (Å²) < 4.78 is 3.29. The molecule has 0 N–H and O–H groups in total. The molecule has 2 rings (SSSR count). The van der Waals surface area contributed by atoms with Gasteiger partial charge in [0.05, 0.1) is 15.9 Å². The maximum absolute atomic E-state index is 4.57. The molecule has 1 aliphatic rings. The van der Waals surface area contributed by atoms with Gasteiger partial charge in [-0.25, -0.2) is 0 Å². The summed E-state index contributed by atoms with van der Waals surface area (Å²) in [5, 5.41) is 4.57. The number of hydrogen-bond acceptors (Lipinski definition) is 3. The van der Waals surface area contributed by atoms with Crippen molar-refractivity contribution >= 4 is 15.9 Å². The van der Waals surface area contributed by atoms with E-state index in [-0.39, 0.29) is 0 Å². The zero-order chi connectivity index (χ0) is 14.0. The predicted octanol–water partition coefficient (Wildman–Crippen LogP) is 2.50. The summed E-state index contributed by atoms with van der Waals surface area (Å²) in [7, 11) is 4.45. The average Bonchev–Trinajstić information content (AvgIpc) is 2.67. The number of halogens is 1. The van der Waals surface area contributed by atoms with Crippen molar-refractivity contribution in [2.24, 2.45) is 0 Å². The van der Waals surface area contributed by atoms with E-state index in [9.17, 15) is 0 Å². The Morgan fingerprint density at radius 1 is 1.37 bits per heavy atom. The molecule has 0 bridgehead atoms. The molecule has 0 aromatic carbocycles. The highest BCUT2D eigenvalue weighted by molar-refractivity contribution is 9.10. The Kier molecular flexibility index (Phi) is 5.03. The number of nitrogens with zero attached hydrogens (tertiary/aromatic N) is 4. The van der Waals surface area contributed by atoms with Gasteiger partial charge in [0.2, 0.25) is 0 Å².